The van der Waals surface area contributed by atoms with Crippen molar-refractivity contribution in [3.8, 4) is 0 Å². The van der Waals surface area contributed by atoms with Gasteiger partial charge in [-0.25, -0.2) is 12.6 Å². The summed E-state index contributed by atoms with van der Waals surface area (Å²) in [4.78, 5) is 1.17. The Hall–Kier alpha value is -1.65. The van der Waals surface area contributed by atoms with E-state index >= 15 is 0 Å². The lowest BCUT2D eigenvalue weighted by atomic mass is 10.1. The van der Waals surface area contributed by atoms with Crippen molar-refractivity contribution in [3.05, 3.63) is 71.8 Å². The number of hydrogen-bond donors (Lipinski definition) is 2. The lowest BCUT2D eigenvalue weighted by Crippen LogP contribution is -2.15. The lowest BCUT2D eigenvalue weighted by Gasteiger charge is -2.04. The average Bonchev–Trinajstić information content (AvgIpc) is 2.99. The fourth-order valence-electron chi connectivity index (χ4n) is 2.06. The van der Waals surface area contributed by atoms with Crippen LogP contribution in [0.3, 0.4) is 0 Å². The van der Waals surface area contributed by atoms with Crippen molar-refractivity contribution in [2.45, 2.75) is 121 Å². The monoisotopic (exact) mass is 640 g/mol. The van der Waals surface area contributed by atoms with Crippen LogP contribution >= 0.6 is 12.6 Å². The van der Waals surface area contributed by atoms with Crippen LogP contribution in [0.4, 0.5) is 0 Å². The van der Waals surface area contributed by atoms with Gasteiger partial charge in [0.05, 0.1) is 17.3 Å². The predicted molar refractivity (Wildman–Crippen MR) is 188 cm³/mol. The van der Waals surface area contributed by atoms with Crippen LogP contribution < -0.4 is 0 Å². The second kappa shape index (κ2) is 38.4. The van der Waals surface area contributed by atoms with E-state index in [0.29, 0.717) is 0 Å². The molecule has 0 bridgehead atoms. The summed E-state index contributed by atoms with van der Waals surface area (Å²) in [6.07, 6.45) is 0. The maximum absolute atomic E-state index is 11.7. The molecule has 0 fully saturated rings. The molecule has 0 amide bonds. The molecule has 0 radical (unpaired) electrons. The van der Waals surface area contributed by atoms with E-state index < -0.39 is 32.6 Å². The predicted octanol–water partition coefficient (Wildman–Crippen LogP) is 10.4. The Morgan fingerprint density at radius 1 is 0.659 bits per heavy atom. The minimum absolute atomic E-state index is 0.0852. The number of hydrogen-bond acceptors (Lipinski definition) is 6. The van der Waals surface area contributed by atoms with Gasteiger partial charge in [0.15, 0.2) is 9.84 Å². The van der Waals surface area contributed by atoms with Crippen LogP contribution in [0.15, 0.2) is 59.3 Å². The molecule has 1 N–H and O–H groups in total. The summed E-state index contributed by atoms with van der Waals surface area (Å²) < 4.78 is 56.1. The maximum atomic E-state index is 11.7. The lowest BCUT2D eigenvalue weighted by molar-refractivity contribution is 0.284. The highest BCUT2D eigenvalue weighted by Crippen LogP contribution is 2.17. The van der Waals surface area contributed by atoms with Crippen LogP contribution in [0.25, 0.3) is 0 Å². The first-order valence-corrected chi connectivity index (χ1v) is 18.0. The molecule has 0 saturated heterocycles. The molecule has 0 aliphatic carbocycles. The van der Waals surface area contributed by atoms with Gasteiger partial charge in [0.2, 0.25) is 0 Å². The third-order valence-electron chi connectivity index (χ3n) is 3.78. The van der Waals surface area contributed by atoms with E-state index in [1.54, 1.807) is 12.1 Å². The average molecular weight is 641 g/mol. The van der Waals surface area contributed by atoms with E-state index in [0.717, 1.165) is 10.5 Å². The van der Waals surface area contributed by atoms with Crippen molar-refractivity contribution in [2.75, 3.05) is 12.4 Å². The van der Waals surface area contributed by atoms with Gasteiger partial charge in [-0.2, -0.15) is 8.42 Å². The zero-order valence-corrected chi connectivity index (χ0v) is 31.6. The third kappa shape index (κ3) is 34.5. The Kier molecular flexibility index (Phi) is 51.7. The van der Waals surface area contributed by atoms with Crippen molar-refractivity contribution in [3.63, 3.8) is 0 Å². The third-order valence-corrected chi connectivity index (χ3v) is 6.42. The molecule has 2 aromatic rings. The quantitative estimate of drug-likeness (QED) is 0.192. The number of benzene rings is 2. The summed E-state index contributed by atoms with van der Waals surface area (Å²) >= 11 is 4.31. The first kappa shape index (κ1) is 55.3. The zero-order chi connectivity index (χ0) is 34.8. The van der Waals surface area contributed by atoms with Gasteiger partial charge < -0.3 is 0 Å². The van der Waals surface area contributed by atoms with Crippen LogP contribution in [0.5, 0.6) is 0 Å². The topological polar surface area (TPSA) is 97.7 Å². The Morgan fingerprint density at radius 3 is 1.32 bits per heavy atom. The van der Waals surface area contributed by atoms with E-state index in [1.807, 2.05) is 90.0 Å². The first-order valence-electron chi connectivity index (χ1n) is 14.5. The number of thiol groups is 1. The summed E-state index contributed by atoms with van der Waals surface area (Å²) in [5.74, 6) is -0.518. The van der Waals surface area contributed by atoms with Gasteiger partial charge in [0.1, 0.15) is 0 Å². The molecule has 0 spiro atoms. The Balaban J connectivity index is -0.0000000823. The second-order valence-corrected chi connectivity index (χ2v) is 9.79. The van der Waals surface area contributed by atoms with Crippen LogP contribution in [-0.4, -0.2) is 33.7 Å². The van der Waals surface area contributed by atoms with Gasteiger partial charge in [-0.3, -0.25) is 4.55 Å². The van der Waals surface area contributed by atoms with Crippen molar-refractivity contribution in [1.82, 2.24) is 0 Å². The molecule has 2 rings (SSSR count). The van der Waals surface area contributed by atoms with Crippen LogP contribution in [-0.2, 0) is 24.4 Å². The molecule has 9 heteroatoms. The molecule has 0 unspecified atom stereocenters. The summed E-state index contributed by atoms with van der Waals surface area (Å²) in [5.41, 5.74) is 4.83. The van der Waals surface area contributed by atoms with E-state index in [2.05, 4.69) is 62.9 Å². The van der Waals surface area contributed by atoms with Crippen molar-refractivity contribution in [2.24, 2.45) is 0 Å². The standard InChI is InChI=1S/C9H12O6S2.C9H12S.6C2H6.C2H4/c1-8-2-4-9(5-3-8)16(10,11)7-6-15-17(12,13)14;1-6-4-8(3)9(10)5-7(6)2;7*1-2/h2-5H,6-7H2,1H3,(H,12,13,14);4-5,10H,1-3H3;6*1-2H3;1-2H2. The molecule has 0 aromatic heterocycles. The molecule has 41 heavy (non-hydrogen) atoms. The number of aryl methyl sites for hydroxylation is 4. The summed E-state index contributed by atoms with van der Waals surface area (Å²) in [6, 6.07) is 10.4. The van der Waals surface area contributed by atoms with Gasteiger partial charge in [-0.15, -0.1) is 25.8 Å². The SMILES string of the molecule is C=C.CC.CC.CC.CC.CC.CC.Cc1cc(C)c(S)cc1C.Cc1ccc(S(=O)(=O)CCOS(=O)(=O)O)cc1. The molecular weight excluding hydrogens is 577 g/mol. The molecule has 0 saturated carbocycles. The fraction of sp³-hybridized carbons (Fsp3) is 0.562. The van der Waals surface area contributed by atoms with Gasteiger partial charge in [-0.05, 0) is 62.6 Å². The molecule has 6 nitrogen and oxygen atoms in total. The van der Waals surface area contributed by atoms with Crippen molar-refractivity contribution in [1.29, 1.82) is 0 Å². The fourth-order valence-corrected chi connectivity index (χ4v) is 3.80. The molecular formula is C32H64O6S3. The molecule has 0 aliphatic heterocycles. The molecule has 246 valence electrons. The first-order chi connectivity index (χ1) is 19.3. The van der Waals surface area contributed by atoms with Gasteiger partial charge in [0.25, 0.3) is 0 Å². The highest BCUT2D eigenvalue weighted by molar-refractivity contribution is 7.91. The summed E-state index contributed by atoms with van der Waals surface area (Å²) in [7, 11) is -8.20. The minimum Gasteiger partial charge on any atom is -0.264 e. The summed E-state index contributed by atoms with van der Waals surface area (Å²) in [5, 5.41) is 0. The van der Waals surface area contributed by atoms with Crippen LogP contribution in [0.1, 0.15) is 105 Å². The smallest absolute Gasteiger partial charge is 0.264 e. The van der Waals surface area contributed by atoms with Crippen molar-refractivity contribution < 1.29 is 25.6 Å². The van der Waals surface area contributed by atoms with Gasteiger partial charge >= 0.3 is 10.4 Å². The minimum atomic E-state index is -4.60. The zero-order valence-electron chi connectivity index (χ0n) is 29.0. The number of sulfone groups is 1. The van der Waals surface area contributed by atoms with Gasteiger partial charge in [-0.1, -0.05) is 107 Å². The van der Waals surface area contributed by atoms with Crippen LogP contribution in [0.2, 0.25) is 0 Å². The largest absolute Gasteiger partial charge is 0.397 e. The molecule has 0 heterocycles. The molecule has 0 aliphatic rings. The van der Waals surface area contributed by atoms with Crippen LogP contribution in [0, 0.1) is 27.7 Å². The van der Waals surface area contributed by atoms with E-state index in [1.165, 1.54) is 28.8 Å². The Labute approximate surface area is 262 Å². The van der Waals surface area contributed by atoms with E-state index in [-0.39, 0.29) is 4.90 Å². The van der Waals surface area contributed by atoms with Crippen molar-refractivity contribution >= 4 is 32.9 Å². The molecule has 0 atom stereocenters. The molecule has 2 aromatic carbocycles. The van der Waals surface area contributed by atoms with E-state index in [4.69, 9.17) is 4.55 Å². The second-order valence-electron chi connectivity index (χ2n) is 6.10. The highest BCUT2D eigenvalue weighted by Gasteiger charge is 2.16. The number of rotatable bonds is 5. The summed E-state index contributed by atoms with van der Waals surface area (Å²) in [6.45, 7) is 37.5. The normalized spacial score (nSPS) is 8.63. The Bertz CT molecular complexity index is 950. The highest BCUT2D eigenvalue weighted by atomic mass is 32.3. The van der Waals surface area contributed by atoms with Gasteiger partial charge in [0, 0.05) is 4.90 Å². The Morgan fingerprint density at radius 2 is 1.00 bits per heavy atom. The van der Waals surface area contributed by atoms with E-state index in [9.17, 15) is 16.8 Å². The maximum Gasteiger partial charge on any atom is 0.397 e.